The molecule has 90 valence electrons. The molecule has 2 rings (SSSR count). The first kappa shape index (κ1) is 11.7. The number of nitrogens with two attached hydrogens (primary N) is 1. The predicted molar refractivity (Wildman–Crippen MR) is 67.4 cm³/mol. The number of ether oxygens (including phenoxy) is 1. The summed E-state index contributed by atoms with van der Waals surface area (Å²) in [5.41, 5.74) is 6.66. The van der Waals surface area contributed by atoms with E-state index in [4.69, 9.17) is 15.7 Å². The topological polar surface area (TPSA) is 96.8 Å². The van der Waals surface area contributed by atoms with Crippen LogP contribution in [0.15, 0.2) is 30.6 Å². The van der Waals surface area contributed by atoms with Crippen LogP contribution in [0.5, 0.6) is 5.75 Å². The Bertz CT molecular complexity index is 606. The van der Waals surface area contributed by atoms with Crippen molar-refractivity contribution in [3.63, 3.8) is 0 Å². The number of anilines is 3. The Morgan fingerprint density at radius 2 is 2.11 bits per heavy atom. The number of hydrogen-bond acceptors (Lipinski definition) is 6. The van der Waals surface area contributed by atoms with Crippen LogP contribution in [0.3, 0.4) is 0 Å². The van der Waals surface area contributed by atoms with Crippen molar-refractivity contribution in [2.75, 3.05) is 18.2 Å². The predicted octanol–water partition coefficient (Wildman–Crippen LogP) is 1.68. The number of methoxy groups -OCH3 is 1. The summed E-state index contributed by atoms with van der Waals surface area (Å²) in [6.45, 7) is 0. The highest BCUT2D eigenvalue weighted by Crippen LogP contribution is 2.31. The SMILES string of the molecule is COc1cccc(C#N)c1Nc1nccnc1N. The van der Waals surface area contributed by atoms with Gasteiger partial charge in [-0.05, 0) is 12.1 Å². The smallest absolute Gasteiger partial charge is 0.173 e. The van der Waals surface area contributed by atoms with Crippen LogP contribution in [0.4, 0.5) is 17.3 Å². The molecule has 0 aliphatic carbocycles. The van der Waals surface area contributed by atoms with Crippen molar-refractivity contribution < 1.29 is 4.74 Å². The van der Waals surface area contributed by atoms with Gasteiger partial charge < -0.3 is 15.8 Å². The normalized spacial score (nSPS) is 9.56. The van der Waals surface area contributed by atoms with E-state index in [1.54, 1.807) is 18.2 Å². The van der Waals surface area contributed by atoms with Gasteiger partial charge in [0.1, 0.15) is 17.5 Å². The van der Waals surface area contributed by atoms with Gasteiger partial charge in [-0.1, -0.05) is 6.07 Å². The number of hydrogen-bond donors (Lipinski definition) is 2. The van der Waals surface area contributed by atoms with Crippen LogP contribution in [0.25, 0.3) is 0 Å². The molecule has 0 amide bonds. The summed E-state index contributed by atoms with van der Waals surface area (Å²) in [7, 11) is 1.53. The summed E-state index contributed by atoms with van der Waals surface area (Å²) in [5, 5.41) is 12.0. The molecule has 6 heteroatoms. The quantitative estimate of drug-likeness (QED) is 0.848. The summed E-state index contributed by atoms with van der Waals surface area (Å²) in [6, 6.07) is 7.24. The molecular weight excluding hydrogens is 230 g/mol. The zero-order chi connectivity index (χ0) is 13.0. The minimum atomic E-state index is 0.257. The van der Waals surface area contributed by atoms with Crippen LogP contribution < -0.4 is 15.8 Å². The minimum Gasteiger partial charge on any atom is -0.495 e. The van der Waals surface area contributed by atoms with Gasteiger partial charge in [-0.25, -0.2) is 9.97 Å². The average molecular weight is 241 g/mol. The van der Waals surface area contributed by atoms with Crippen LogP contribution in [0.2, 0.25) is 0 Å². The van der Waals surface area contributed by atoms with Crippen molar-refractivity contribution >= 4 is 17.3 Å². The van der Waals surface area contributed by atoms with Crippen LogP contribution in [-0.2, 0) is 0 Å². The van der Waals surface area contributed by atoms with E-state index in [0.717, 1.165) is 0 Å². The molecule has 1 aromatic heterocycles. The summed E-state index contributed by atoms with van der Waals surface area (Å²) in [6.07, 6.45) is 3.01. The molecule has 0 unspecified atom stereocenters. The van der Waals surface area contributed by atoms with Gasteiger partial charge in [-0.2, -0.15) is 5.26 Å². The molecule has 2 aromatic rings. The van der Waals surface area contributed by atoms with Gasteiger partial charge in [-0.3, -0.25) is 0 Å². The van der Waals surface area contributed by atoms with Crippen LogP contribution in [0, 0.1) is 11.3 Å². The standard InChI is InChI=1S/C12H11N5O/c1-18-9-4-2-3-8(7-13)10(9)17-12-11(14)15-5-6-16-12/h2-6H,1H3,(H2,14,15)(H,16,17). The van der Waals surface area contributed by atoms with Crippen LogP contribution in [0.1, 0.15) is 5.56 Å². The maximum atomic E-state index is 9.07. The van der Waals surface area contributed by atoms with Crippen LogP contribution in [-0.4, -0.2) is 17.1 Å². The Labute approximate surface area is 104 Å². The molecule has 0 saturated heterocycles. The molecule has 0 aliphatic heterocycles. The highest BCUT2D eigenvalue weighted by atomic mass is 16.5. The molecule has 1 heterocycles. The third-order valence-corrected chi connectivity index (χ3v) is 2.34. The van der Waals surface area contributed by atoms with Gasteiger partial charge in [0.2, 0.25) is 0 Å². The molecule has 0 atom stereocenters. The fourth-order valence-electron chi connectivity index (χ4n) is 1.49. The number of benzene rings is 1. The van der Waals surface area contributed by atoms with E-state index < -0.39 is 0 Å². The first-order valence-electron chi connectivity index (χ1n) is 5.17. The lowest BCUT2D eigenvalue weighted by Gasteiger charge is -2.12. The van der Waals surface area contributed by atoms with Crippen molar-refractivity contribution in [1.82, 2.24) is 9.97 Å². The maximum Gasteiger partial charge on any atom is 0.173 e. The molecule has 0 fully saturated rings. The summed E-state index contributed by atoms with van der Waals surface area (Å²) in [5.74, 6) is 1.19. The van der Waals surface area contributed by atoms with E-state index in [-0.39, 0.29) is 5.82 Å². The number of nitrogens with one attached hydrogen (secondary N) is 1. The van der Waals surface area contributed by atoms with E-state index >= 15 is 0 Å². The molecule has 0 saturated carbocycles. The summed E-state index contributed by atoms with van der Waals surface area (Å²) in [4.78, 5) is 7.98. The van der Waals surface area contributed by atoms with E-state index in [2.05, 4.69) is 21.4 Å². The van der Waals surface area contributed by atoms with Crippen LogP contribution >= 0.6 is 0 Å². The molecule has 18 heavy (non-hydrogen) atoms. The van der Waals surface area contributed by atoms with E-state index in [1.807, 2.05) is 0 Å². The van der Waals surface area contributed by atoms with Crippen molar-refractivity contribution in [2.24, 2.45) is 0 Å². The largest absolute Gasteiger partial charge is 0.495 e. The number of nitrogens with zero attached hydrogens (tertiary/aromatic N) is 3. The Morgan fingerprint density at radius 3 is 2.78 bits per heavy atom. The number of aromatic nitrogens is 2. The third kappa shape index (κ3) is 2.15. The highest BCUT2D eigenvalue weighted by molar-refractivity contribution is 5.75. The first-order chi connectivity index (χ1) is 8.76. The van der Waals surface area contributed by atoms with Gasteiger partial charge in [0.05, 0.1) is 12.7 Å². The number of para-hydroxylation sites is 1. The van der Waals surface area contributed by atoms with Crippen molar-refractivity contribution in [2.45, 2.75) is 0 Å². The minimum absolute atomic E-state index is 0.257. The molecular formula is C12H11N5O. The van der Waals surface area contributed by atoms with Gasteiger partial charge in [0, 0.05) is 12.4 Å². The second kappa shape index (κ2) is 5.01. The second-order valence-corrected chi connectivity index (χ2v) is 3.41. The first-order valence-corrected chi connectivity index (χ1v) is 5.17. The highest BCUT2D eigenvalue weighted by Gasteiger charge is 2.11. The number of nitriles is 1. The molecule has 0 radical (unpaired) electrons. The molecule has 3 N–H and O–H groups in total. The summed E-state index contributed by atoms with van der Waals surface area (Å²) >= 11 is 0. The van der Waals surface area contributed by atoms with Crippen molar-refractivity contribution in [1.29, 1.82) is 5.26 Å². The van der Waals surface area contributed by atoms with E-state index in [0.29, 0.717) is 22.8 Å². The third-order valence-electron chi connectivity index (χ3n) is 2.34. The molecule has 0 bridgehead atoms. The molecule has 1 aromatic carbocycles. The van der Waals surface area contributed by atoms with Gasteiger partial charge in [-0.15, -0.1) is 0 Å². The maximum absolute atomic E-state index is 9.07. The average Bonchev–Trinajstić information content (AvgIpc) is 2.41. The number of nitrogen functional groups attached to an aromatic ring is 1. The lowest BCUT2D eigenvalue weighted by Crippen LogP contribution is -2.03. The van der Waals surface area contributed by atoms with Gasteiger partial charge >= 0.3 is 0 Å². The fourth-order valence-corrected chi connectivity index (χ4v) is 1.49. The Balaban J connectivity index is 2.46. The summed E-state index contributed by atoms with van der Waals surface area (Å²) < 4.78 is 5.20. The number of rotatable bonds is 3. The lowest BCUT2D eigenvalue weighted by molar-refractivity contribution is 0.416. The van der Waals surface area contributed by atoms with Crippen molar-refractivity contribution in [3.8, 4) is 11.8 Å². The zero-order valence-electron chi connectivity index (χ0n) is 9.71. The van der Waals surface area contributed by atoms with Gasteiger partial charge in [0.15, 0.2) is 11.6 Å². The molecule has 0 aliphatic rings. The Kier molecular flexibility index (Phi) is 3.25. The van der Waals surface area contributed by atoms with Crippen molar-refractivity contribution in [3.05, 3.63) is 36.2 Å². The van der Waals surface area contributed by atoms with E-state index in [9.17, 15) is 0 Å². The Hall–Kier alpha value is -2.81. The molecule has 0 spiro atoms. The lowest BCUT2D eigenvalue weighted by atomic mass is 10.2. The van der Waals surface area contributed by atoms with Gasteiger partial charge in [0.25, 0.3) is 0 Å². The Morgan fingerprint density at radius 1 is 1.33 bits per heavy atom. The van der Waals surface area contributed by atoms with E-state index in [1.165, 1.54) is 19.5 Å². The second-order valence-electron chi connectivity index (χ2n) is 3.41. The molecule has 6 nitrogen and oxygen atoms in total. The fraction of sp³-hybridized carbons (Fsp3) is 0.0833. The zero-order valence-corrected chi connectivity index (χ0v) is 9.71. The monoisotopic (exact) mass is 241 g/mol.